The minimum atomic E-state index is -1.01. The molecule has 0 radical (unpaired) electrons. The van der Waals surface area contributed by atoms with Crippen molar-refractivity contribution in [1.29, 1.82) is 0 Å². The third kappa shape index (κ3) is 3.29. The lowest BCUT2D eigenvalue weighted by molar-refractivity contribution is 0.0549. The first-order valence-corrected chi connectivity index (χ1v) is 8.30. The number of aromatic nitrogens is 2. The van der Waals surface area contributed by atoms with Crippen LogP contribution in [0.1, 0.15) is 20.8 Å². The van der Waals surface area contributed by atoms with Crippen LogP contribution in [0.25, 0.3) is 16.9 Å². The van der Waals surface area contributed by atoms with E-state index in [9.17, 15) is 19.1 Å². The van der Waals surface area contributed by atoms with Crippen molar-refractivity contribution in [2.75, 3.05) is 14.2 Å². The quantitative estimate of drug-likeness (QED) is 0.668. The molecule has 28 heavy (non-hydrogen) atoms. The maximum absolute atomic E-state index is 14.0. The molecule has 0 aliphatic carbocycles. The van der Waals surface area contributed by atoms with Gasteiger partial charge in [0.15, 0.2) is 17.3 Å². The van der Waals surface area contributed by atoms with Crippen LogP contribution in [0.2, 0.25) is 5.02 Å². The maximum atomic E-state index is 14.0. The molecule has 3 aromatic rings. The molecule has 144 valence electrons. The highest BCUT2D eigenvalue weighted by Crippen LogP contribution is 2.35. The van der Waals surface area contributed by atoms with Crippen LogP contribution in [0.4, 0.5) is 4.39 Å². The first kappa shape index (κ1) is 19.4. The lowest BCUT2D eigenvalue weighted by Crippen LogP contribution is -2.15. The topological polar surface area (TPSA) is 90.6 Å². The van der Waals surface area contributed by atoms with Gasteiger partial charge < -0.3 is 14.6 Å². The van der Waals surface area contributed by atoms with Crippen molar-refractivity contribution in [1.82, 2.24) is 9.78 Å². The van der Waals surface area contributed by atoms with Gasteiger partial charge in [-0.25, -0.2) is 18.7 Å². The number of phenolic OH excluding ortho intramolecular Hbond substituents is 1. The van der Waals surface area contributed by atoms with Crippen molar-refractivity contribution in [2.24, 2.45) is 0 Å². The first-order valence-electron chi connectivity index (χ1n) is 7.92. The van der Waals surface area contributed by atoms with Gasteiger partial charge in [0.05, 0.1) is 24.9 Å². The highest BCUT2D eigenvalue weighted by atomic mass is 35.5. The molecular formula is C19H14ClFN2O5. The normalized spacial score (nSPS) is 10.6. The number of halogens is 2. The molecule has 0 aliphatic heterocycles. The van der Waals surface area contributed by atoms with Gasteiger partial charge in [-0.15, -0.1) is 0 Å². The van der Waals surface area contributed by atoms with Gasteiger partial charge in [-0.05, 0) is 24.3 Å². The van der Waals surface area contributed by atoms with Gasteiger partial charge in [0.1, 0.15) is 11.3 Å². The molecule has 1 heterocycles. The molecular weight excluding hydrogens is 391 g/mol. The van der Waals surface area contributed by atoms with Crippen molar-refractivity contribution in [3.63, 3.8) is 0 Å². The molecule has 0 aliphatic rings. The summed E-state index contributed by atoms with van der Waals surface area (Å²) in [5, 5.41) is 13.6. The van der Waals surface area contributed by atoms with Gasteiger partial charge in [-0.2, -0.15) is 5.10 Å². The number of aromatic hydroxyl groups is 1. The SMILES string of the molecule is COC(=O)c1c(-c2cc(F)c(O)c(Cl)c2)nn(-c2ccccc2)c1C(=O)OC. The Hall–Kier alpha value is -3.39. The van der Waals surface area contributed by atoms with E-state index >= 15 is 0 Å². The third-order valence-electron chi connectivity index (χ3n) is 3.94. The molecule has 0 saturated carbocycles. The molecule has 3 rings (SSSR count). The van der Waals surface area contributed by atoms with E-state index in [2.05, 4.69) is 5.10 Å². The number of carbonyl (C=O) groups excluding carboxylic acids is 2. The average molecular weight is 405 g/mol. The summed E-state index contributed by atoms with van der Waals surface area (Å²) < 4.78 is 24.8. The third-order valence-corrected chi connectivity index (χ3v) is 4.23. The molecule has 0 atom stereocenters. The van der Waals surface area contributed by atoms with Gasteiger partial charge in [-0.3, -0.25) is 0 Å². The Balaban J connectivity index is 2.38. The van der Waals surface area contributed by atoms with Crippen LogP contribution in [0.15, 0.2) is 42.5 Å². The largest absolute Gasteiger partial charge is 0.504 e. The first-order chi connectivity index (χ1) is 13.4. The number of rotatable bonds is 4. The Bertz CT molecular complexity index is 1040. The number of benzene rings is 2. The van der Waals surface area contributed by atoms with Crippen molar-refractivity contribution in [2.45, 2.75) is 0 Å². The van der Waals surface area contributed by atoms with E-state index in [0.29, 0.717) is 5.69 Å². The van der Waals surface area contributed by atoms with E-state index in [1.807, 2.05) is 0 Å². The number of methoxy groups -OCH3 is 2. The second kappa shape index (κ2) is 7.69. The summed E-state index contributed by atoms with van der Waals surface area (Å²) in [6, 6.07) is 10.7. The van der Waals surface area contributed by atoms with Crippen LogP contribution in [-0.2, 0) is 9.47 Å². The van der Waals surface area contributed by atoms with Gasteiger partial charge in [0.2, 0.25) is 0 Å². The van der Waals surface area contributed by atoms with Crippen LogP contribution in [-0.4, -0.2) is 41.0 Å². The molecule has 0 saturated heterocycles. The number of esters is 2. The smallest absolute Gasteiger partial charge is 0.357 e. The predicted molar refractivity (Wildman–Crippen MR) is 98.3 cm³/mol. The van der Waals surface area contributed by atoms with E-state index in [0.717, 1.165) is 20.3 Å². The zero-order valence-electron chi connectivity index (χ0n) is 14.8. The minimum Gasteiger partial charge on any atom is -0.504 e. The van der Waals surface area contributed by atoms with Crippen molar-refractivity contribution in [3.05, 3.63) is 64.6 Å². The number of hydrogen-bond acceptors (Lipinski definition) is 6. The monoisotopic (exact) mass is 404 g/mol. The number of phenols is 1. The number of hydrogen-bond donors (Lipinski definition) is 1. The summed E-state index contributed by atoms with van der Waals surface area (Å²) >= 11 is 5.86. The minimum absolute atomic E-state index is 0.0584. The zero-order chi connectivity index (χ0) is 20.4. The van der Waals surface area contributed by atoms with Crippen LogP contribution in [0, 0.1) is 5.82 Å². The van der Waals surface area contributed by atoms with Gasteiger partial charge in [0.25, 0.3) is 0 Å². The van der Waals surface area contributed by atoms with Crippen LogP contribution >= 0.6 is 11.6 Å². The second-order valence-corrected chi connectivity index (χ2v) is 6.00. The summed E-state index contributed by atoms with van der Waals surface area (Å²) in [5.74, 6) is -3.46. The average Bonchev–Trinajstić information content (AvgIpc) is 3.11. The standard InChI is InChI=1S/C19H14ClFN2O5/c1-27-18(25)14-15(10-8-12(20)17(24)13(21)9-10)22-23(16(14)19(26)28-2)11-6-4-3-5-7-11/h3-9,24H,1-2H3. The Morgan fingerprint density at radius 2 is 1.75 bits per heavy atom. The Morgan fingerprint density at radius 1 is 1.11 bits per heavy atom. The van der Waals surface area contributed by atoms with Gasteiger partial charge in [0, 0.05) is 5.56 Å². The number of nitrogens with zero attached hydrogens (tertiary/aromatic N) is 2. The summed E-state index contributed by atoms with van der Waals surface area (Å²) in [6.45, 7) is 0. The van der Waals surface area contributed by atoms with Crippen LogP contribution in [0.5, 0.6) is 5.75 Å². The van der Waals surface area contributed by atoms with Gasteiger partial charge >= 0.3 is 11.9 Å². The van der Waals surface area contributed by atoms with Crippen molar-refractivity contribution in [3.8, 4) is 22.7 Å². The molecule has 1 N–H and O–H groups in total. The summed E-state index contributed by atoms with van der Waals surface area (Å²) in [5.41, 5.74) is 0.0570. The predicted octanol–water partition coefficient (Wildman–Crippen LogP) is 3.61. The molecule has 7 nitrogen and oxygen atoms in total. The highest BCUT2D eigenvalue weighted by molar-refractivity contribution is 6.32. The summed E-state index contributed by atoms with van der Waals surface area (Å²) in [7, 11) is 2.29. The van der Waals surface area contributed by atoms with E-state index < -0.39 is 23.5 Å². The summed E-state index contributed by atoms with van der Waals surface area (Å²) in [6.07, 6.45) is 0. The molecule has 0 bridgehead atoms. The highest BCUT2D eigenvalue weighted by Gasteiger charge is 2.31. The Kier molecular flexibility index (Phi) is 5.32. The zero-order valence-corrected chi connectivity index (χ0v) is 15.5. The van der Waals surface area contributed by atoms with Crippen LogP contribution in [0.3, 0.4) is 0 Å². The Morgan fingerprint density at radius 3 is 2.32 bits per heavy atom. The molecule has 0 fully saturated rings. The lowest BCUT2D eigenvalue weighted by Gasteiger charge is -2.07. The fourth-order valence-corrected chi connectivity index (χ4v) is 2.87. The summed E-state index contributed by atoms with van der Waals surface area (Å²) in [4.78, 5) is 24.9. The number of para-hydroxylation sites is 1. The van der Waals surface area contributed by atoms with Gasteiger partial charge in [-0.1, -0.05) is 29.8 Å². The van der Waals surface area contributed by atoms with Crippen molar-refractivity contribution >= 4 is 23.5 Å². The van der Waals surface area contributed by atoms with E-state index in [-0.39, 0.29) is 27.5 Å². The second-order valence-electron chi connectivity index (χ2n) is 5.59. The lowest BCUT2D eigenvalue weighted by atomic mass is 10.0. The molecule has 0 unspecified atom stereocenters. The maximum Gasteiger partial charge on any atom is 0.357 e. The molecule has 1 aromatic heterocycles. The fourth-order valence-electron chi connectivity index (χ4n) is 2.66. The fraction of sp³-hybridized carbons (Fsp3) is 0.105. The molecule has 0 spiro atoms. The molecule has 9 heteroatoms. The van der Waals surface area contributed by atoms with Crippen molar-refractivity contribution < 1.29 is 28.6 Å². The number of carbonyl (C=O) groups is 2. The van der Waals surface area contributed by atoms with E-state index in [4.69, 9.17) is 21.1 Å². The molecule has 0 amide bonds. The number of ether oxygens (including phenoxy) is 2. The van der Waals surface area contributed by atoms with E-state index in [1.54, 1.807) is 30.3 Å². The van der Waals surface area contributed by atoms with Crippen LogP contribution < -0.4 is 0 Å². The molecule has 2 aromatic carbocycles. The van der Waals surface area contributed by atoms with E-state index in [1.165, 1.54) is 10.7 Å². The Labute approximate surface area is 163 Å².